The molecule has 1 atom stereocenters. The number of ether oxygens (including phenoxy) is 1. The van der Waals surface area contributed by atoms with Gasteiger partial charge < -0.3 is 9.64 Å². The highest BCUT2D eigenvalue weighted by Gasteiger charge is 2.26. The molecule has 7 heteroatoms. The lowest BCUT2D eigenvalue weighted by Gasteiger charge is -2.20. The van der Waals surface area contributed by atoms with Gasteiger partial charge in [-0.3, -0.25) is 10.1 Å². The Morgan fingerprint density at radius 3 is 2.88 bits per heavy atom. The lowest BCUT2D eigenvalue weighted by atomic mass is 10.1. The third kappa shape index (κ3) is 3.42. The molecular formula is C17H14ClN3O3. The number of benzene rings is 2. The number of halogens is 1. The highest BCUT2D eigenvalue weighted by molar-refractivity contribution is 6.30. The smallest absolute Gasteiger partial charge is 0.270 e. The SMILES string of the molecule is N#Cc1cc([N+](=O)[O-])ccc1N1CCC(Oc2cccc(Cl)c2)C1. The standard InChI is InChI=1S/C17H14ClN3O3/c18-13-2-1-3-15(9-13)24-16-6-7-20(11-16)17-5-4-14(21(22)23)8-12(17)10-19/h1-5,8-9,16H,6-7,11H2. The normalized spacial score (nSPS) is 16.7. The second kappa shape index (κ2) is 6.77. The van der Waals surface area contributed by atoms with E-state index in [0.717, 1.165) is 13.0 Å². The van der Waals surface area contributed by atoms with Crippen molar-refractivity contribution in [2.24, 2.45) is 0 Å². The Kier molecular flexibility index (Phi) is 4.54. The number of nitro groups is 1. The fraction of sp³-hybridized carbons (Fsp3) is 0.235. The number of nitriles is 1. The van der Waals surface area contributed by atoms with Gasteiger partial charge in [-0.05, 0) is 24.3 Å². The predicted molar refractivity (Wildman–Crippen MR) is 90.5 cm³/mol. The molecule has 0 amide bonds. The van der Waals surface area contributed by atoms with E-state index in [4.69, 9.17) is 16.3 Å². The minimum atomic E-state index is -0.500. The molecule has 0 aromatic heterocycles. The largest absolute Gasteiger partial charge is 0.488 e. The van der Waals surface area contributed by atoms with E-state index in [9.17, 15) is 15.4 Å². The van der Waals surface area contributed by atoms with Crippen molar-refractivity contribution in [1.29, 1.82) is 5.26 Å². The molecule has 1 fully saturated rings. The maximum Gasteiger partial charge on any atom is 0.270 e. The molecule has 1 saturated heterocycles. The molecule has 0 radical (unpaired) electrons. The molecule has 1 aliphatic rings. The van der Waals surface area contributed by atoms with Crippen molar-refractivity contribution in [3.8, 4) is 11.8 Å². The van der Waals surface area contributed by atoms with Gasteiger partial charge in [0.15, 0.2) is 0 Å². The molecule has 122 valence electrons. The Bertz CT molecular complexity index is 819. The van der Waals surface area contributed by atoms with Crippen LogP contribution in [0.4, 0.5) is 11.4 Å². The maximum atomic E-state index is 10.8. The van der Waals surface area contributed by atoms with Crippen LogP contribution in [0.5, 0.6) is 5.75 Å². The van der Waals surface area contributed by atoms with E-state index in [0.29, 0.717) is 28.6 Å². The van der Waals surface area contributed by atoms with E-state index < -0.39 is 4.92 Å². The van der Waals surface area contributed by atoms with Crippen molar-refractivity contribution in [3.05, 3.63) is 63.2 Å². The van der Waals surface area contributed by atoms with Crippen LogP contribution in [0.1, 0.15) is 12.0 Å². The highest BCUT2D eigenvalue weighted by atomic mass is 35.5. The predicted octanol–water partition coefficient (Wildman–Crippen LogP) is 3.78. The molecule has 0 saturated carbocycles. The second-order valence-electron chi connectivity index (χ2n) is 5.50. The van der Waals surface area contributed by atoms with Crippen molar-refractivity contribution < 1.29 is 9.66 Å². The molecule has 0 aliphatic carbocycles. The van der Waals surface area contributed by atoms with Gasteiger partial charge in [-0.15, -0.1) is 0 Å². The minimum Gasteiger partial charge on any atom is -0.488 e. The van der Waals surface area contributed by atoms with Gasteiger partial charge in [-0.2, -0.15) is 5.26 Å². The second-order valence-corrected chi connectivity index (χ2v) is 5.94. The third-order valence-corrected chi connectivity index (χ3v) is 4.13. The van der Waals surface area contributed by atoms with Gasteiger partial charge >= 0.3 is 0 Å². The monoisotopic (exact) mass is 343 g/mol. The van der Waals surface area contributed by atoms with Crippen molar-refractivity contribution in [1.82, 2.24) is 0 Å². The Labute approximate surface area is 144 Å². The van der Waals surface area contributed by atoms with Crippen molar-refractivity contribution in [3.63, 3.8) is 0 Å². The van der Waals surface area contributed by atoms with Gasteiger partial charge in [-0.25, -0.2) is 0 Å². The number of anilines is 1. The third-order valence-electron chi connectivity index (χ3n) is 3.90. The van der Waals surface area contributed by atoms with Crippen molar-refractivity contribution in [2.75, 3.05) is 18.0 Å². The van der Waals surface area contributed by atoms with Gasteiger partial charge in [0.2, 0.25) is 0 Å². The summed E-state index contributed by atoms with van der Waals surface area (Å²) in [5.41, 5.74) is 0.911. The summed E-state index contributed by atoms with van der Waals surface area (Å²) < 4.78 is 5.93. The van der Waals surface area contributed by atoms with E-state index in [1.807, 2.05) is 23.1 Å². The van der Waals surface area contributed by atoms with Crippen LogP contribution in [0.15, 0.2) is 42.5 Å². The van der Waals surface area contributed by atoms with Crippen LogP contribution in [-0.2, 0) is 0 Å². The number of hydrogen-bond acceptors (Lipinski definition) is 5. The molecule has 1 heterocycles. The fourth-order valence-electron chi connectivity index (χ4n) is 2.78. The van der Waals surface area contributed by atoms with E-state index in [-0.39, 0.29) is 11.8 Å². The van der Waals surface area contributed by atoms with E-state index in [1.165, 1.54) is 12.1 Å². The average Bonchev–Trinajstić information content (AvgIpc) is 3.02. The zero-order valence-corrected chi connectivity index (χ0v) is 13.4. The summed E-state index contributed by atoms with van der Waals surface area (Å²) >= 11 is 5.95. The Morgan fingerprint density at radius 1 is 1.33 bits per heavy atom. The van der Waals surface area contributed by atoms with E-state index >= 15 is 0 Å². The lowest BCUT2D eigenvalue weighted by molar-refractivity contribution is -0.384. The van der Waals surface area contributed by atoms with E-state index in [1.54, 1.807) is 18.2 Å². The summed E-state index contributed by atoms with van der Waals surface area (Å²) in [7, 11) is 0. The average molecular weight is 344 g/mol. The first-order valence-electron chi connectivity index (χ1n) is 7.42. The molecule has 24 heavy (non-hydrogen) atoms. The first-order valence-corrected chi connectivity index (χ1v) is 7.80. The van der Waals surface area contributed by atoms with Crippen LogP contribution in [0, 0.1) is 21.4 Å². The number of non-ortho nitro benzene ring substituents is 1. The summed E-state index contributed by atoms with van der Waals surface area (Å²) in [4.78, 5) is 12.3. The van der Waals surface area contributed by atoms with Gasteiger partial charge in [-0.1, -0.05) is 17.7 Å². The number of hydrogen-bond donors (Lipinski definition) is 0. The quantitative estimate of drug-likeness (QED) is 0.623. The zero-order valence-electron chi connectivity index (χ0n) is 12.7. The van der Waals surface area contributed by atoms with Crippen molar-refractivity contribution in [2.45, 2.75) is 12.5 Å². The Hall–Kier alpha value is -2.78. The Balaban J connectivity index is 1.74. The van der Waals surface area contributed by atoms with Gasteiger partial charge in [0.25, 0.3) is 5.69 Å². The number of nitrogens with zero attached hydrogens (tertiary/aromatic N) is 3. The molecule has 3 rings (SSSR count). The fourth-order valence-corrected chi connectivity index (χ4v) is 2.96. The lowest BCUT2D eigenvalue weighted by Crippen LogP contribution is -2.25. The van der Waals surface area contributed by atoms with Crippen molar-refractivity contribution >= 4 is 23.0 Å². The number of nitro benzene ring substituents is 1. The summed E-state index contributed by atoms with van der Waals surface area (Å²) in [6.45, 7) is 1.33. The van der Waals surface area contributed by atoms with Gasteiger partial charge in [0, 0.05) is 30.1 Å². The molecule has 2 aromatic carbocycles. The molecule has 1 unspecified atom stereocenters. The van der Waals surface area contributed by atoms with Gasteiger partial charge in [0.05, 0.1) is 22.7 Å². The zero-order chi connectivity index (χ0) is 17.1. The minimum absolute atomic E-state index is 0.0230. The molecular weight excluding hydrogens is 330 g/mol. The summed E-state index contributed by atoms with van der Waals surface area (Å²) in [6.07, 6.45) is 0.777. The number of rotatable bonds is 4. The molecule has 1 aliphatic heterocycles. The van der Waals surface area contributed by atoms with Gasteiger partial charge in [0.1, 0.15) is 17.9 Å². The topological polar surface area (TPSA) is 79.4 Å². The molecule has 6 nitrogen and oxygen atoms in total. The summed E-state index contributed by atoms with van der Waals surface area (Å²) in [5.74, 6) is 0.707. The van der Waals surface area contributed by atoms with Crippen LogP contribution in [-0.4, -0.2) is 24.1 Å². The van der Waals surface area contributed by atoms with Crippen LogP contribution >= 0.6 is 11.6 Å². The highest BCUT2D eigenvalue weighted by Crippen LogP contribution is 2.29. The van der Waals surface area contributed by atoms with Crippen LogP contribution in [0.3, 0.4) is 0 Å². The molecule has 0 spiro atoms. The molecule has 0 N–H and O–H groups in total. The summed E-state index contributed by atoms with van der Waals surface area (Å²) in [6, 6.07) is 13.6. The van der Waals surface area contributed by atoms with Crippen LogP contribution < -0.4 is 9.64 Å². The molecule has 2 aromatic rings. The maximum absolute atomic E-state index is 10.8. The first-order chi connectivity index (χ1) is 11.6. The summed E-state index contributed by atoms with van der Waals surface area (Å²) in [5, 5.41) is 20.7. The Morgan fingerprint density at radius 2 is 2.17 bits per heavy atom. The molecule has 0 bridgehead atoms. The van der Waals surface area contributed by atoms with E-state index in [2.05, 4.69) is 0 Å². The van der Waals surface area contributed by atoms with Crippen LogP contribution in [0.2, 0.25) is 5.02 Å². The van der Waals surface area contributed by atoms with Crippen LogP contribution in [0.25, 0.3) is 0 Å². The first kappa shape index (κ1) is 16.1.